The van der Waals surface area contributed by atoms with Gasteiger partial charge in [0.25, 0.3) is 0 Å². The highest BCUT2D eigenvalue weighted by molar-refractivity contribution is 9.10. The van der Waals surface area contributed by atoms with Crippen LogP contribution in [0.2, 0.25) is 0 Å². The predicted molar refractivity (Wildman–Crippen MR) is 81.1 cm³/mol. The van der Waals surface area contributed by atoms with E-state index in [9.17, 15) is 0 Å². The van der Waals surface area contributed by atoms with Crippen molar-refractivity contribution in [2.45, 2.75) is 31.7 Å². The van der Waals surface area contributed by atoms with Crippen LogP contribution in [0.3, 0.4) is 0 Å². The van der Waals surface area contributed by atoms with Gasteiger partial charge in [-0.1, -0.05) is 28.1 Å². The van der Waals surface area contributed by atoms with Gasteiger partial charge >= 0.3 is 0 Å². The summed E-state index contributed by atoms with van der Waals surface area (Å²) in [6, 6.07) is 10.6. The lowest BCUT2D eigenvalue weighted by molar-refractivity contribution is 0.541. The zero-order valence-corrected chi connectivity index (χ0v) is 12.5. The third kappa shape index (κ3) is 2.45. The average Bonchev–Trinajstić information content (AvgIpc) is 2.80. The van der Waals surface area contributed by atoms with Crippen LogP contribution in [0.15, 0.2) is 41.0 Å². The average molecular weight is 317 g/mol. The Labute approximate surface area is 122 Å². The van der Waals surface area contributed by atoms with Gasteiger partial charge in [0.05, 0.1) is 0 Å². The number of aromatic nitrogens is 1. The topological polar surface area (TPSA) is 38.9 Å². The van der Waals surface area contributed by atoms with Gasteiger partial charge in [0, 0.05) is 28.3 Å². The first-order valence-electron chi connectivity index (χ1n) is 6.61. The Bertz CT molecular complexity index is 589. The van der Waals surface area contributed by atoms with E-state index in [4.69, 9.17) is 5.73 Å². The molecule has 1 aliphatic carbocycles. The fourth-order valence-electron chi connectivity index (χ4n) is 2.98. The number of nitrogens with zero attached hydrogens (tertiary/aromatic N) is 1. The third-order valence-electron chi connectivity index (χ3n) is 3.88. The number of halogens is 1. The second-order valence-electron chi connectivity index (χ2n) is 5.28. The number of aryl methyl sites for hydroxylation is 2. The molecule has 1 aliphatic rings. The largest absolute Gasteiger partial charge is 0.323 e. The lowest BCUT2D eigenvalue weighted by Gasteiger charge is -2.20. The van der Waals surface area contributed by atoms with E-state index >= 15 is 0 Å². The molecule has 3 rings (SSSR count). The Kier molecular flexibility index (Phi) is 3.42. The van der Waals surface area contributed by atoms with Crippen LogP contribution >= 0.6 is 15.9 Å². The molecule has 2 N–H and O–H groups in total. The van der Waals surface area contributed by atoms with Crippen LogP contribution in [0.5, 0.6) is 0 Å². The van der Waals surface area contributed by atoms with Crippen LogP contribution in [0.25, 0.3) is 0 Å². The molecule has 0 aliphatic heterocycles. The first kappa shape index (κ1) is 12.8. The number of fused-ring (bicyclic) bond motifs is 1. The van der Waals surface area contributed by atoms with Gasteiger partial charge in [-0.3, -0.25) is 4.98 Å². The van der Waals surface area contributed by atoms with E-state index in [1.54, 1.807) is 0 Å². The summed E-state index contributed by atoms with van der Waals surface area (Å²) in [5.41, 5.74) is 11.5. The highest BCUT2D eigenvalue weighted by atomic mass is 79.9. The summed E-state index contributed by atoms with van der Waals surface area (Å²) in [6.45, 7) is 2.10. The first-order valence-corrected chi connectivity index (χ1v) is 7.41. The van der Waals surface area contributed by atoms with Crippen molar-refractivity contribution in [2.75, 3.05) is 0 Å². The molecule has 0 bridgehead atoms. The molecule has 2 nitrogen and oxygen atoms in total. The minimum atomic E-state index is 0.0207. The number of hydrogen-bond donors (Lipinski definition) is 1. The SMILES string of the molecule is Cc1cc(Br)cc(C(N)C2CCc3cccnc32)c1. The fraction of sp³-hybridized carbons (Fsp3) is 0.312. The third-order valence-corrected chi connectivity index (χ3v) is 4.34. The minimum absolute atomic E-state index is 0.0207. The van der Waals surface area contributed by atoms with E-state index in [0.717, 1.165) is 17.3 Å². The Balaban J connectivity index is 1.95. The van der Waals surface area contributed by atoms with Crippen molar-refractivity contribution in [3.63, 3.8) is 0 Å². The van der Waals surface area contributed by atoms with E-state index < -0.39 is 0 Å². The van der Waals surface area contributed by atoms with Crippen LogP contribution in [0.4, 0.5) is 0 Å². The maximum atomic E-state index is 6.49. The molecule has 0 radical (unpaired) electrons. The molecule has 0 spiro atoms. The molecule has 0 saturated carbocycles. The summed E-state index contributed by atoms with van der Waals surface area (Å²) in [5, 5.41) is 0. The number of hydrogen-bond acceptors (Lipinski definition) is 2. The number of rotatable bonds is 2. The highest BCUT2D eigenvalue weighted by Gasteiger charge is 2.29. The molecule has 1 aromatic heterocycles. The van der Waals surface area contributed by atoms with Crippen molar-refractivity contribution in [1.82, 2.24) is 4.98 Å². The molecule has 2 unspecified atom stereocenters. The molecule has 2 aromatic rings. The van der Waals surface area contributed by atoms with Crippen molar-refractivity contribution in [1.29, 1.82) is 0 Å². The van der Waals surface area contributed by atoms with Gasteiger partial charge in [-0.2, -0.15) is 0 Å². The Morgan fingerprint density at radius 2 is 2.21 bits per heavy atom. The monoisotopic (exact) mass is 316 g/mol. The molecule has 1 heterocycles. The Morgan fingerprint density at radius 1 is 1.37 bits per heavy atom. The van der Waals surface area contributed by atoms with Crippen LogP contribution in [-0.2, 0) is 6.42 Å². The van der Waals surface area contributed by atoms with Gasteiger partial charge in [-0.15, -0.1) is 0 Å². The number of pyridine rings is 1. The summed E-state index contributed by atoms with van der Waals surface area (Å²) < 4.78 is 1.09. The summed E-state index contributed by atoms with van der Waals surface area (Å²) in [5.74, 6) is 0.338. The smallest absolute Gasteiger partial charge is 0.0485 e. The molecular formula is C16H17BrN2. The van der Waals surface area contributed by atoms with Crippen molar-refractivity contribution in [3.8, 4) is 0 Å². The van der Waals surface area contributed by atoms with E-state index in [-0.39, 0.29) is 6.04 Å². The summed E-state index contributed by atoms with van der Waals surface area (Å²) in [6.07, 6.45) is 4.06. The minimum Gasteiger partial charge on any atom is -0.323 e. The van der Waals surface area contributed by atoms with E-state index in [1.807, 2.05) is 12.3 Å². The zero-order chi connectivity index (χ0) is 13.4. The highest BCUT2D eigenvalue weighted by Crippen LogP contribution is 2.39. The Morgan fingerprint density at radius 3 is 3.00 bits per heavy atom. The summed E-state index contributed by atoms with van der Waals surface area (Å²) in [4.78, 5) is 4.54. The molecule has 98 valence electrons. The summed E-state index contributed by atoms with van der Waals surface area (Å²) in [7, 11) is 0. The second kappa shape index (κ2) is 5.06. The lowest BCUT2D eigenvalue weighted by atomic mass is 9.91. The predicted octanol–water partition coefficient (Wildman–Crippen LogP) is 3.88. The molecule has 2 atom stereocenters. The zero-order valence-electron chi connectivity index (χ0n) is 10.9. The molecule has 0 saturated heterocycles. The molecule has 19 heavy (non-hydrogen) atoms. The van der Waals surface area contributed by atoms with Crippen molar-refractivity contribution < 1.29 is 0 Å². The lowest BCUT2D eigenvalue weighted by Crippen LogP contribution is -2.19. The number of nitrogens with two attached hydrogens (primary N) is 1. The maximum Gasteiger partial charge on any atom is 0.0485 e. The van der Waals surface area contributed by atoms with E-state index in [0.29, 0.717) is 5.92 Å². The second-order valence-corrected chi connectivity index (χ2v) is 6.20. The van der Waals surface area contributed by atoms with Crippen LogP contribution < -0.4 is 5.73 Å². The van der Waals surface area contributed by atoms with E-state index in [1.165, 1.54) is 22.4 Å². The molecule has 1 aromatic carbocycles. The van der Waals surface area contributed by atoms with Crippen LogP contribution in [-0.4, -0.2) is 4.98 Å². The normalized spacial score (nSPS) is 19.2. The Hall–Kier alpha value is -1.19. The van der Waals surface area contributed by atoms with E-state index in [2.05, 4.69) is 52.1 Å². The van der Waals surface area contributed by atoms with Crippen molar-refractivity contribution in [3.05, 3.63) is 63.4 Å². The standard InChI is InChI=1S/C16H17BrN2/c1-10-7-12(9-13(17)8-10)15(18)14-5-4-11-3-2-6-19-16(11)14/h2-3,6-9,14-15H,4-5,18H2,1H3. The van der Waals surface area contributed by atoms with Gasteiger partial charge in [-0.05, 0) is 54.7 Å². The van der Waals surface area contributed by atoms with Crippen molar-refractivity contribution in [2.24, 2.45) is 5.73 Å². The number of benzene rings is 1. The molecular weight excluding hydrogens is 300 g/mol. The van der Waals surface area contributed by atoms with Gasteiger partial charge in [-0.25, -0.2) is 0 Å². The van der Waals surface area contributed by atoms with Crippen LogP contribution in [0.1, 0.15) is 40.8 Å². The van der Waals surface area contributed by atoms with Gasteiger partial charge in [0.15, 0.2) is 0 Å². The quantitative estimate of drug-likeness (QED) is 0.913. The van der Waals surface area contributed by atoms with Gasteiger partial charge in [0.2, 0.25) is 0 Å². The summed E-state index contributed by atoms with van der Waals surface area (Å²) >= 11 is 3.55. The van der Waals surface area contributed by atoms with Gasteiger partial charge in [0.1, 0.15) is 0 Å². The first-order chi connectivity index (χ1) is 9.15. The fourth-order valence-corrected chi connectivity index (χ4v) is 3.61. The molecule has 0 amide bonds. The van der Waals surface area contributed by atoms with Gasteiger partial charge < -0.3 is 5.73 Å². The molecule has 3 heteroatoms. The molecule has 0 fully saturated rings. The van der Waals surface area contributed by atoms with Crippen molar-refractivity contribution >= 4 is 15.9 Å². The maximum absolute atomic E-state index is 6.49. The van der Waals surface area contributed by atoms with Crippen LogP contribution in [0, 0.1) is 6.92 Å².